The number of nitrogens with zero attached hydrogens (tertiary/aromatic N) is 4. The molecule has 0 bridgehead atoms. The van der Waals surface area contributed by atoms with Crippen LogP contribution in [0.5, 0.6) is 5.75 Å². The Balaban J connectivity index is 1.34. The van der Waals surface area contributed by atoms with Crippen LogP contribution in [0.1, 0.15) is 58.3 Å². The molecule has 0 radical (unpaired) electrons. The average Bonchev–Trinajstić information content (AvgIpc) is 3.81. The molecule has 0 atom stereocenters. The molecule has 1 saturated carbocycles. The number of anilines is 3. The van der Waals surface area contributed by atoms with E-state index in [2.05, 4.69) is 20.6 Å². The molecule has 2 N–H and O–H groups in total. The highest BCUT2D eigenvalue weighted by Crippen LogP contribution is 2.49. The highest BCUT2D eigenvalue weighted by atomic mass is 19.3. The van der Waals surface area contributed by atoms with Crippen LogP contribution in [0.25, 0.3) is 0 Å². The molecule has 2 aliphatic heterocycles. The number of likely N-dealkylation sites (tertiary alicyclic amines) is 1. The smallest absolute Gasteiger partial charge is 0.255 e. The summed E-state index contributed by atoms with van der Waals surface area (Å²) in [6, 6.07) is 11.6. The minimum absolute atomic E-state index is 0.0308. The van der Waals surface area contributed by atoms with Crippen LogP contribution in [0.2, 0.25) is 0 Å². The summed E-state index contributed by atoms with van der Waals surface area (Å²) in [4.78, 5) is 38.9. The molecule has 11 heteroatoms. The van der Waals surface area contributed by atoms with Crippen LogP contribution in [0.4, 0.5) is 26.1 Å². The van der Waals surface area contributed by atoms with E-state index >= 15 is 0 Å². The lowest BCUT2D eigenvalue weighted by Crippen LogP contribution is -2.51. The number of piperidine rings is 1. The van der Waals surface area contributed by atoms with Gasteiger partial charge in [-0.1, -0.05) is 12.1 Å². The predicted octanol–water partition coefficient (Wildman–Crippen LogP) is 5.41. The fraction of sp³-hybridized carbons (Fsp3) is 0.438. The van der Waals surface area contributed by atoms with Gasteiger partial charge in [0.05, 0.1) is 19.2 Å². The highest BCUT2D eigenvalue weighted by molar-refractivity contribution is 6.02. The SMILES string of the molecule is COc1ccc(CN2C(=O)c3c(C)cc(Nc4ncnc(NC(=O)C5CC5)c4C)cc3C23CCN(CC(F)F)CC3)cc1. The first kappa shape index (κ1) is 29.0. The topological polar surface area (TPSA) is 99.7 Å². The van der Waals surface area contributed by atoms with Crippen molar-refractivity contribution >= 4 is 29.1 Å². The van der Waals surface area contributed by atoms with E-state index in [0.717, 1.165) is 41.0 Å². The molecule has 1 aromatic heterocycles. The predicted molar refractivity (Wildman–Crippen MR) is 159 cm³/mol. The molecule has 1 saturated heterocycles. The number of benzene rings is 2. The van der Waals surface area contributed by atoms with E-state index < -0.39 is 12.0 Å². The van der Waals surface area contributed by atoms with E-state index in [1.165, 1.54) is 6.33 Å². The molecule has 43 heavy (non-hydrogen) atoms. The first-order valence-corrected chi connectivity index (χ1v) is 14.7. The molecule has 3 aliphatic rings. The largest absolute Gasteiger partial charge is 0.497 e. The first-order chi connectivity index (χ1) is 20.7. The zero-order valence-electron chi connectivity index (χ0n) is 24.6. The second kappa shape index (κ2) is 11.5. The fourth-order valence-electron chi connectivity index (χ4n) is 6.36. The second-order valence-electron chi connectivity index (χ2n) is 11.8. The van der Waals surface area contributed by atoms with Gasteiger partial charge in [0, 0.05) is 42.4 Å². The number of fused-ring (bicyclic) bond motifs is 2. The maximum absolute atomic E-state index is 14.1. The Morgan fingerprint density at radius 2 is 1.79 bits per heavy atom. The summed E-state index contributed by atoms with van der Waals surface area (Å²) >= 11 is 0. The number of halogens is 2. The van der Waals surface area contributed by atoms with Crippen molar-refractivity contribution in [2.45, 2.75) is 58.0 Å². The van der Waals surface area contributed by atoms with Crippen molar-refractivity contribution in [3.05, 3.63) is 70.5 Å². The summed E-state index contributed by atoms with van der Waals surface area (Å²) in [5.74, 6) is 1.72. The second-order valence-corrected chi connectivity index (χ2v) is 11.8. The number of amides is 2. The number of hydrogen-bond acceptors (Lipinski definition) is 7. The Bertz CT molecular complexity index is 1530. The molecule has 9 nitrogen and oxygen atoms in total. The van der Waals surface area contributed by atoms with Crippen molar-refractivity contribution in [3.63, 3.8) is 0 Å². The molecular weight excluding hydrogens is 554 g/mol. The third-order valence-corrected chi connectivity index (χ3v) is 8.93. The van der Waals surface area contributed by atoms with Gasteiger partial charge in [-0.2, -0.15) is 0 Å². The Morgan fingerprint density at radius 1 is 1.09 bits per heavy atom. The number of methoxy groups -OCH3 is 1. The van der Waals surface area contributed by atoms with Crippen molar-refractivity contribution in [2.75, 3.05) is 37.4 Å². The third kappa shape index (κ3) is 5.65. The number of carbonyl (C=O) groups is 2. The van der Waals surface area contributed by atoms with Crippen molar-refractivity contribution in [1.82, 2.24) is 19.8 Å². The van der Waals surface area contributed by atoms with Gasteiger partial charge in [-0.3, -0.25) is 14.5 Å². The number of hydrogen-bond donors (Lipinski definition) is 2. The van der Waals surface area contributed by atoms with Gasteiger partial charge >= 0.3 is 0 Å². The number of aromatic nitrogens is 2. The van der Waals surface area contributed by atoms with Crippen LogP contribution in [0.3, 0.4) is 0 Å². The van der Waals surface area contributed by atoms with Crippen LogP contribution in [-0.4, -0.2) is 64.8 Å². The molecule has 2 aromatic carbocycles. The summed E-state index contributed by atoms with van der Waals surface area (Å²) < 4.78 is 31.8. The van der Waals surface area contributed by atoms with E-state index in [0.29, 0.717) is 55.2 Å². The number of aryl methyl sites for hydroxylation is 1. The van der Waals surface area contributed by atoms with Gasteiger partial charge in [0.25, 0.3) is 12.3 Å². The van der Waals surface area contributed by atoms with E-state index in [1.807, 2.05) is 55.1 Å². The van der Waals surface area contributed by atoms with E-state index in [9.17, 15) is 18.4 Å². The summed E-state index contributed by atoms with van der Waals surface area (Å²) in [6.45, 7) is 4.81. The highest BCUT2D eigenvalue weighted by Gasteiger charge is 2.51. The van der Waals surface area contributed by atoms with Crippen LogP contribution in [0, 0.1) is 19.8 Å². The average molecular weight is 591 g/mol. The van der Waals surface area contributed by atoms with Crippen molar-refractivity contribution < 1.29 is 23.1 Å². The lowest BCUT2D eigenvalue weighted by atomic mass is 9.79. The summed E-state index contributed by atoms with van der Waals surface area (Å²) in [5.41, 5.74) is 4.18. The van der Waals surface area contributed by atoms with Gasteiger partial charge in [-0.05, 0) is 80.5 Å². The van der Waals surface area contributed by atoms with Crippen LogP contribution >= 0.6 is 0 Å². The van der Waals surface area contributed by atoms with Gasteiger partial charge in [-0.15, -0.1) is 0 Å². The van der Waals surface area contributed by atoms with Crippen LogP contribution < -0.4 is 15.4 Å². The number of ether oxygens (including phenoxy) is 1. The normalized spacial score (nSPS) is 17.8. The zero-order chi connectivity index (χ0) is 30.3. The van der Waals surface area contributed by atoms with E-state index in [4.69, 9.17) is 4.74 Å². The van der Waals surface area contributed by atoms with Crippen molar-refractivity contribution in [2.24, 2.45) is 5.92 Å². The van der Waals surface area contributed by atoms with Gasteiger partial charge in [-0.25, -0.2) is 18.7 Å². The molecule has 6 rings (SSSR count). The summed E-state index contributed by atoms with van der Waals surface area (Å²) in [7, 11) is 1.61. The monoisotopic (exact) mass is 590 g/mol. The molecule has 226 valence electrons. The van der Waals surface area contributed by atoms with Crippen molar-refractivity contribution in [3.8, 4) is 5.75 Å². The fourth-order valence-corrected chi connectivity index (χ4v) is 6.36. The first-order valence-electron chi connectivity index (χ1n) is 14.7. The molecule has 2 amide bonds. The standard InChI is InChI=1S/C32H36F2N6O3/c1-19-14-23(37-28-20(2)29(36-18-35-28)38-30(41)22-6-7-22)15-25-27(19)31(42)40(16-21-4-8-24(43-3)9-5-21)32(25)10-12-39(13-11-32)17-26(33)34/h4-5,8-9,14-15,18,22,26H,6-7,10-13,16-17H2,1-3H3,(H2,35,36,37,38,41). The Labute approximate surface area is 249 Å². The number of nitrogens with one attached hydrogen (secondary N) is 2. The minimum atomic E-state index is -2.41. The molecule has 2 fully saturated rings. The molecular formula is C32H36F2N6O3. The number of carbonyl (C=O) groups excluding carboxylic acids is 2. The van der Waals surface area contributed by atoms with Gasteiger partial charge < -0.3 is 20.3 Å². The Morgan fingerprint density at radius 3 is 2.44 bits per heavy atom. The molecule has 1 aliphatic carbocycles. The molecule has 0 unspecified atom stereocenters. The minimum Gasteiger partial charge on any atom is -0.497 e. The molecule has 3 heterocycles. The van der Waals surface area contributed by atoms with Crippen LogP contribution in [0.15, 0.2) is 42.7 Å². The summed E-state index contributed by atoms with van der Waals surface area (Å²) in [6.07, 6.45) is 1.88. The lowest BCUT2D eigenvalue weighted by Gasteiger charge is -2.45. The Hall–Kier alpha value is -4.12. The van der Waals surface area contributed by atoms with E-state index in [-0.39, 0.29) is 24.3 Å². The van der Waals surface area contributed by atoms with Crippen LogP contribution in [-0.2, 0) is 16.9 Å². The number of alkyl halides is 2. The van der Waals surface area contributed by atoms with Gasteiger partial charge in [0.1, 0.15) is 23.7 Å². The van der Waals surface area contributed by atoms with Gasteiger partial charge in [0.15, 0.2) is 0 Å². The third-order valence-electron chi connectivity index (χ3n) is 8.93. The maximum atomic E-state index is 14.1. The Kier molecular flexibility index (Phi) is 7.76. The molecule has 1 spiro atoms. The lowest BCUT2D eigenvalue weighted by molar-refractivity contribution is -0.117. The molecule has 3 aromatic rings. The maximum Gasteiger partial charge on any atom is 0.255 e. The van der Waals surface area contributed by atoms with Crippen molar-refractivity contribution in [1.29, 1.82) is 0 Å². The van der Waals surface area contributed by atoms with Gasteiger partial charge in [0.2, 0.25) is 5.91 Å². The number of rotatable bonds is 9. The zero-order valence-corrected chi connectivity index (χ0v) is 24.6. The van der Waals surface area contributed by atoms with E-state index in [1.54, 1.807) is 12.0 Å². The quantitative estimate of drug-likeness (QED) is 0.344. The summed E-state index contributed by atoms with van der Waals surface area (Å²) in [5, 5.41) is 6.30.